The molecule has 0 aliphatic carbocycles. The van der Waals surface area contributed by atoms with E-state index in [1.807, 2.05) is 62.4 Å². The Kier molecular flexibility index (Phi) is 13.3. The van der Waals surface area contributed by atoms with E-state index >= 15 is 0 Å². The van der Waals surface area contributed by atoms with Gasteiger partial charge in [0.25, 0.3) is 0 Å². The van der Waals surface area contributed by atoms with E-state index in [0.29, 0.717) is 68.9 Å². The summed E-state index contributed by atoms with van der Waals surface area (Å²) in [5, 5.41) is 15.6. The molecule has 23 atom stereocenters. The summed E-state index contributed by atoms with van der Waals surface area (Å²) in [4.78, 5) is 26.1. The maximum Gasteiger partial charge on any atom is 0.339 e. The van der Waals surface area contributed by atoms with Crippen LogP contribution in [-0.2, 0) is 61.6 Å². The second kappa shape index (κ2) is 19.8. The Balaban J connectivity index is 0.615. The van der Waals surface area contributed by atoms with Crippen molar-refractivity contribution in [3.8, 4) is 0 Å². The number of carbonyl (C=O) groups is 2. The summed E-state index contributed by atoms with van der Waals surface area (Å²) >= 11 is 0. The van der Waals surface area contributed by atoms with E-state index in [9.17, 15) is 14.7 Å². The van der Waals surface area contributed by atoms with Crippen molar-refractivity contribution in [3.05, 3.63) is 96.1 Å². The lowest BCUT2D eigenvalue weighted by molar-refractivity contribution is -0.356. The van der Waals surface area contributed by atoms with Crippen LogP contribution < -0.4 is 0 Å². The number of aliphatic hydroxyl groups is 1. The lowest BCUT2D eigenvalue weighted by Crippen LogP contribution is -2.70. The minimum Gasteiger partial charge on any atom is -0.458 e. The minimum absolute atomic E-state index is 0.0345. The van der Waals surface area contributed by atoms with Gasteiger partial charge in [0.1, 0.15) is 30.5 Å². The lowest BCUT2D eigenvalue weighted by atomic mass is 9.72. The Hall–Kier alpha value is -4.10. The van der Waals surface area contributed by atoms with E-state index in [1.165, 1.54) is 0 Å². The Bertz CT molecular complexity index is 2960. The fourth-order valence-electron chi connectivity index (χ4n) is 16.5. The van der Waals surface area contributed by atoms with Crippen molar-refractivity contribution in [3.63, 3.8) is 0 Å². The summed E-state index contributed by atoms with van der Waals surface area (Å²) in [6.07, 6.45) is 8.31. The van der Waals surface area contributed by atoms with Crippen LogP contribution in [0.1, 0.15) is 136 Å². The summed E-state index contributed by atoms with van der Waals surface area (Å²) in [6, 6.07) is 17.8. The molecule has 0 amide bonds. The molecule has 3 aromatic carbocycles. The molecular formula is C65H80O15. The van der Waals surface area contributed by atoms with E-state index < -0.39 is 46.2 Å². The second-order valence-electron chi connectivity index (χ2n) is 26.9. The van der Waals surface area contributed by atoms with Crippen molar-refractivity contribution in [2.75, 3.05) is 6.61 Å². The first kappa shape index (κ1) is 53.9. The molecule has 15 nitrogen and oxygen atoms in total. The van der Waals surface area contributed by atoms with Crippen molar-refractivity contribution in [2.45, 2.75) is 257 Å². The Labute approximate surface area is 469 Å². The lowest BCUT2D eigenvalue weighted by Gasteiger charge is -2.60. The molecule has 9 saturated heterocycles. The van der Waals surface area contributed by atoms with E-state index in [1.54, 1.807) is 6.08 Å². The van der Waals surface area contributed by atoms with Crippen LogP contribution in [0.5, 0.6) is 0 Å². The summed E-state index contributed by atoms with van der Waals surface area (Å²) < 4.78 is 82.6. The molecule has 1 N–H and O–H groups in total. The molecule has 23 unspecified atom stereocenters. The van der Waals surface area contributed by atoms with Crippen LogP contribution >= 0.6 is 0 Å². The van der Waals surface area contributed by atoms with Crippen molar-refractivity contribution >= 4 is 33.5 Å². The molecule has 0 saturated carbocycles. The molecule has 11 aliphatic heterocycles. The zero-order chi connectivity index (χ0) is 55.3. The van der Waals surface area contributed by atoms with Crippen LogP contribution in [0.2, 0.25) is 0 Å². The van der Waals surface area contributed by atoms with Gasteiger partial charge < -0.3 is 61.9 Å². The first-order valence-corrected chi connectivity index (χ1v) is 29.9. The highest BCUT2D eigenvalue weighted by Crippen LogP contribution is 2.55. The number of aliphatic hydroxyl groups excluding tert-OH is 1. The molecule has 3 aromatic rings. The maximum absolute atomic E-state index is 13.8. The number of esters is 2. The molecule has 430 valence electrons. The summed E-state index contributed by atoms with van der Waals surface area (Å²) in [7, 11) is 0. The third kappa shape index (κ3) is 9.17. The minimum atomic E-state index is -0.966. The van der Waals surface area contributed by atoms with Gasteiger partial charge in [-0.05, 0) is 118 Å². The predicted octanol–water partition coefficient (Wildman–Crippen LogP) is 9.44. The quantitative estimate of drug-likeness (QED) is 0.146. The predicted molar refractivity (Wildman–Crippen MR) is 294 cm³/mol. The van der Waals surface area contributed by atoms with Crippen LogP contribution in [0.25, 0.3) is 21.5 Å². The number of hydrogen-bond donors (Lipinski definition) is 1. The zero-order valence-corrected chi connectivity index (χ0v) is 47.4. The summed E-state index contributed by atoms with van der Waals surface area (Å²) in [5.41, 5.74) is -1.31. The van der Waals surface area contributed by atoms with Gasteiger partial charge in [-0.15, -0.1) is 0 Å². The van der Waals surface area contributed by atoms with Gasteiger partial charge in [0, 0.05) is 51.0 Å². The van der Waals surface area contributed by atoms with E-state index in [2.05, 4.69) is 59.4 Å². The van der Waals surface area contributed by atoms with Crippen molar-refractivity contribution in [1.82, 2.24) is 0 Å². The van der Waals surface area contributed by atoms with Crippen LogP contribution in [-0.4, -0.2) is 155 Å². The van der Waals surface area contributed by atoms with Crippen molar-refractivity contribution < 1.29 is 71.5 Å². The molecule has 15 heteroatoms. The van der Waals surface area contributed by atoms with Gasteiger partial charge in [0.05, 0.1) is 113 Å². The topological polar surface area (TPSA) is 165 Å². The number of carbonyl (C=O) groups excluding carboxylic acids is 2. The number of fused-ring (bicyclic) bond motifs is 12. The molecule has 11 heterocycles. The molecule has 0 bridgehead atoms. The highest BCUT2D eigenvalue weighted by molar-refractivity contribution is 6.16. The monoisotopic (exact) mass is 1100 g/mol. The molecule has 0 spiro atoms. The third-order valence-electron chi connectivity index (χ3n) is 21.0. The first-order chi connectivity index (χ1) is 38.2. The SMILES string of the molecule is C=C(COC(=O)c1c2ccccc2cc2ccccc12)CC1CC(O)C2(C)OC3CC4OC5CC6(C)OC7(C)CCC8OC9CC%10(C)OC%11C(C)=CC(=O)OC%11CC%10OC9CC(C)C8OC7CC6OC5(C)C/C=C\C4OC3CC2O1. The van der Waals surface area contributed by atoms with Gasteiger partial charge in [-0.3, -0.25) is 0 Å². The molecule has 14 rings (SSSR count). The van der Waals surface area contributed by atoms with Crippen molar-refractivity contribution in [1.29, 1.82) is 0 Å². The fraction of sp³-hybridized carbons (Fsp3) is 0.662. The van der Waals surface area contributed by atoms with Gasteiger partial charge in [0.2, 0.25) is 0 Å². The Morgan fingerprint density at radius 3 is 2.20 bits per heavy atom. The molecular weight excluding hydrogens is 1020 g/mol. The van der Waals surface area contributed by atoms with E-state index in [-0.39, 0.29) is 110 Å². The molecule has 11 aliphatic rings. The smallest absolute Gasteiger partial charge is 0.339 e. The second-order valence-corrected chi connectivity index (χ2v) is 26.9. The Morgan fingerprint density at radius 1 is 0.688 bits per heavy atom. The van der Waals surface area contributed by atoms with Crippen LogP contribution in [0.4, 0.5) is 0 Å². The number of hydrogen-bond acceptors (Lipinski definition) is 15. The molecule has 0 radical (unpaired) electrons. The van der Waals surface area contributed by atoms with Gasteiger partial charge in [-0.1, -0.05) is 74.2 Å². The first-order valence-electron chi connectivity index (χ1n) is 29.9. The molecule has 80 heavy (non-hydrogen) atoms. The van der Waals surface area contributed by atoms with Gasteiger partial charge in [-0.2, -0.15) is 0 Å². The highest BCUT2D eigenvalue weighted by atomic mass is 16.7. The number of ether oxygens (including phenoxy) is 12. The average molecular weight is 1100 g/mol. The van der Waals surface area contributed by atoms with Crippen LogP contribution in [0.15, 0.2) is 90.6 Å². The number of benzene rings is 3. The normalized spacial score (nSPS) is 48.0. The van der Waals surface area contributed by atoms with Crippen LogP contribution in [0, 0.1) is 5.92 Å². The van der Waals surface area contributed by atoms with Gasteiger partial charge in [0.15, 0.2) is 0 Å². The largest absolute Gasteiger partial charge is 0.458 e. The third-order valence-corrected chi connectivity index (χ3v) is 21.0. The Morgan fingerprint density at radius 2 is 1.41 bits per heavy atom. The fourth-order valence-corrected chi connectivity index (χ4v) is 16.5. The highest BCUT2D eigenvalue weighted by Gasteiger charge is 2.64. The molecule has 9 fully saturated rings. The van der Waals surface area contributed by atoms with E-state index in [4.69, 9.17) is 56.8 Å². The van der Waals surface area contributed by atoms with Gasteiger partial charge >= 0.3 is 11.9 Å². The van der Waals surface area contributed by atoms with E-state index in [0.717, 1.165) is 46.4 Å². The van der Waals surface area contributed by atoms with Crippen LogP contribution in [0.3, 0.4) is 0 Å². The summed E-state index contributed by atoms with van der Waals surface area (Å²) in [6.45, 7) is 19.2. The maximum atomic E-state index is 13.8. The van der Waals surface area contributed by atoms with Gasteiger partial charge in [-0.25, -0.2) is 9.59 Å². The number of rotatable bonds is 5. The standard InChI is InChI=1S/C65H80O15/c1-34(33-69-60(68)57-40-16-11-9-14-37(40)25-38-15-10-12-17-41(38)57)22-39-26-50(66)65(8)54(70-39)28-46-47(77-65)27-45-42(71-46)18-13-20-61(4)55(74-45)32-64(7)53(78-61)30-52-62(5,80-64)21-19-43-58(76-52)35(2)23-44-49(72-43)31-63(6)51(73-44)29-48-59(79-63)36(3)24-56(67)75-48/h9-18,24-25,35,39,42-55,58-59,66H,1,19-23,26-33H2,2-8H3/b18-13-. The van der Waals surface area contributed by atoms with Crippen molar-refractivity contribution in [2.24, 2.45) is 5.92 Å². The average Bonchev–Trinajstić information content (AvgIpc) is 3.76. The zero-order valence-electron chi connectivity index (χ0n) is 47.4. The molecule has 0 aromatic heterocycles. The summed E-state index contributed by atoms with van der Waals surface area (Å²) in [5.74, 6) is -0.562.